The van der Waals surface area contributed by atoms with Crippen molar-refractivity contribution in [3.05, 3.63) is 11.6 Å². The van der Waals surface area contributed by atoms with Crippen LogP contribution in [0.1, 0.15) is 20.3 Å². The van der Waals surface area contributed by atoms with Gasteiger partial charge < -0.3 is 9.94 Å². The first kappa shape index (κ1) is 11.6. The molecule has 0 aromatic carbocycles. The van der Waals surface area contributed by atoms with E-state index in [2.05, 4.69) is 11.2 Å². The normalized spacial score (nSPS) is 20.8. The minimum Gasteiger partial charge on any atom is -0.447 e. The summed E-state index contributed by atoms with van der Waals surface area (Å²) >= 11 is 0. The zero-order valence-corrected chi connectivity index (χ0v) is 9.01. The van der Waals surface area contributed by atoms with Crippen LogP contribution in [0.2, 0.25) is 0 Å². The van der Waals surface area contributed by atoms with E-state index in [4.69, 9.17) is 9.94 Å². The average Bonchev–Trinajstić information content (AvgIpc) is 2.50. The molecule has 0 spiro atoms. The molecule has 1 saturated heterocycles. The number of nitrogens with zero attached hydrogens (tertiary/aromatic N) is 2. The molecule has 0 aromatic rings. The van der Waals surface area contributed by atoms with Crippen molar-refractivity contribution in [1.82, 2.24) is 4.90 Å². The maximum atomic E-state index is 11.3. The Morgan fingerprint density at radius 3 is 3.07 bits per heavy atom. The second-order valence-corrected chi connectivity index (χ2v) is 3.67. The maximum Gasteiger partial charge on any atom is 0.410 e. The van der Waals surface area contributed by atoms with Crippen molar-refractivity contribution in [3.63, 3.8) is 0 Å². The number of oxime groups is 1. The Kier molecular flexibility index (Phi) is 4.15. The molecule has 0 radical (unpaired) electrons. The molecule has 15 heavy (non-hydrogen) atoms. The highest BCUT2D eigenvalue weighted by Gasteiger charge is 2.31. The third kappa shape index (κ3) is 3.27. The van der Waals surface area contributed by atoms with Crippen molar-refractivity contribution in [2.24, 2.45) is 5.16 Å². The van der Waals surface area contributed by atoms with E-state index in [1.165, 1.54) is 11.8 Å². The Labute approximate surface area is 89.0 Å². The van der Waals surface area contributed by atoms with Crippen molar-refractivity contribution in [2.75, 3.05) is 13.2 Å². The molecule has 84 valence electrons. The quantitative estimate of drug-likeness (QED) is 0.333. The molecule has 0 saturated carbocycles. The summed E-state index contributed by atoms with van der Waals surface area (Å²) < 4.78 is 4.85. The van der Waals surface area contributed by atoms with E-state index in [1.54, 1.807) is 4.90 Å². The van der Waals surface area contributed by atoms with Crippen LogP contribution in [0, 0.1) is 0 Å². The lowest BCUT2D eigenvalue weighted by Gasteiger charge is -2.16. The van der Waals surface area contributed by atoms with Gasteiger partial charge in [0.1, 0.15) is 12.6 Å². The summed E-state index contributed by atoms with van der Waals surface area (Å²) in [6, 6.07) is -0.243. The van der Waals surface area contributed by atoms with Crippen molar-refractivity contribution in [2.45, 2.75) is 26.3 Å². The Bertz CT molecular complexity index is 282. The highest BCUT2D eigenvalue weighted by Crippen LogP contribution is 2.11. The fourth-order valence-electron chi connectivity index (χ4n) is 1.41. The minimum absolute atomic E-state index is 0.243. The molecule has 5 heteroatoms. The number of rotatable bonds is 4. The SMILES string of the molecule is CC(C)=CCCN1C(=O)OC[C@H]1/C=N/O. The molecule has 0 aromatic heterocycles. The zero-order chi connectivity index (χ0) is 11.3. The van der Waals surface area contributed by atoms with Crippen molar-refractivity contribution in [1.29, 1.82) is 0 Å². The number of allylic oxidation sites excluding steroid dienone is 1. The molecular weight excluding hydrogens is 196 g/mol. The molecule has 1 amide bonds. The van der Waals surface area contributed by atoms with Gasteiger partial charge >= 0.3 is 6.09 Å². The maximum absolute atomic E-state index is 11.3. The van der Waals surface area contributed by atoms with Gasteiger partial charge in [-0.25, -0.2) is 4.79 Å². The Morgan fingerprint density at radius 1 is 1.73 bits per heavy atom. The fourth-order valence-corrected chi connectivity index (χ4v) is 1.41. The minimum atomic E-state index is -0.345. The second kappa shape index (κ2) is 5.38. The summed E-state index contributed by atoms with van der Waals surface area (Å²) in [5, 5.41) is 11.3. The molecule has 1 aliphatic rings. The van der Waals surface area contributed by atoms with E-state index in [1.807, 2.05) is 13.8 Å². The zero-order valence-electron chi connectivity index (χ0n) is 9.01. The van der Waals surface area contributed by atoms with Gasteiger partial charge in [0.2, 0.25) is 0 Å². The molecule has 0 bridgehead atoms. The molecule has 1 rings (SSSR count). The lowest BCUT2D eigenvalue weighted by Crippen LogP contribution is -2.35. The van der Waals surface area contributed by atoms with E-state index < -0.39 is 0 Å². The van der Waals surface area contributed by atoms with Gasteiger partial charge in [0.05, 0.1) is 6.21 Å². The molecule has 1 fully saturated rings. The Balaban J connectivity index is 2.49. The lowest BCUT2D eigenvalue weighted by atomic mass is 10.2. The van der Waals surface area contributed by atoms with Crippen molar-refractivity contribution in [3.8, 4) is 0 Å². The van der Waals surface area contributed by atoms with E-state index in [0.29, 0.717) is 6.54 Å². The van der Waals surface area contributed by atoms with Crippen molar-refractivity contribution < 1.29 is 14.7 Å². The fraction of sp³-hybridized carbons (Fsp3) is 0.600. The van der Waals surface area contributed by atoms with Crippen LogP contribution in [0.15, 0.2) is 16.8 Å². The third-order valence-electron chi connectivity index (χ3n) is 2.17. The molecule has 0 unspecified atom stereocenters. The largest absolute Gasteiger partial charge is 0.447 e. The predicted molar refractivity (Wildman–Crippen MR) is 56.2 cm³/mol. The van der Waals surface area contributed by atoms with Gasteiger partial charge in [0.15, 0.2) is 0 Å². The van der Waals surface area contributed by atoms with Gasteiger partial charge in [-0.15, -0.1) is 0 Å². The van der Waals surface area contributed by atoms with Crippen LogP contribution >= 0.6 is 0 Å². The molecule has 1 aliphatic heterocycles. The first-order valence-electron chi connectivity index (χ1n) is 4.89. The number of hydrogen-bond acceptors (Lipinski definition) is 4. The van der Waals surface area contributed by atoms with Crippen LogP contribution in [0.25, 0.3) is 0 Å². The molecule has 0 aliphatic carbocycles. The lowest BCUT2D eigenvalue weighted by molar-refractivity contribution is 0.158. The van der Waals surface area contributed by atoms with Crippen LogP contribution in [0.4, 0.5) is 4.79 Å². The number of carbonyl (C=O) groups is 1. The molecule has 5 nitrogen and oxygen atoms in total. The highest BCUT2D eigenvalue weighted by atomic mass is 16.6. The second-order valence-electron chi connectivity index (χ2n) is 3.67. The predicted octanol–water partition coefficient (Wildman–Crippen LogP) is 1.62. The monoisotopic (exact) mass is 212 g/mol. The molecule has 1 N–H and O–H groups in total. The average molecular weight is 212 g/mol. The first-order valence-corrected chi connectivity index (χ1v) is 4.89. The van der Waals surface area contributed by atoms with E-state index in [-0.39, 0.29) is 18.7 Å². The summed E-state index contributed by atoms with van der Waals surface area (Å²) in [4.78, 5) is 12.8. The standard InChI is InChI=1S/C10H16N2O3/c1-8(2)4-3-5-12-9(6-11-14)7-15-10(12)13/h4,6,9,14H,3,5,7H2,1-2H3/b11-6+/t9-/m1/s1. The topological polar surface area (TPSA) is 62.1 Å². The summed E-state index contributed by atoms with van der Waals surface area (Å²) in [6.07, 6.45) is 3.81. The summed E-state index contributed by atoms with van der Waals surface area (Å²) in [5.74, 6) is 0. The van der Waals surface area contributed by atoms with E-state index >= 15 is 0 Å². The van der Waals surface area contributed by atoms with Gasteiger partial charge in [0.25, 0.3) is 0 Å². The Morgan fingerprint density at radius 2 is 2.47 bits per heavy atom. The summed E-state index contributed by atoms with van der Waals surface area (Å²) in [7, 11) is 0. The van der Waals surface area contributed by atoms with Gasteiger partial charge in [-0.2, -0.15) is 0 Å². The van der Waals surface area contributed by atoms with E-state index in [0.717, 1.165) is 6.42 Å². The van der Waals surface area contributed by atoms with Crippen molar-refractivity contribution >= 4 is 12.3 Å². The summed E-state index contributed by atoms with van der Waals surface area (Å²) in [5.41, 5.74) is 1.22. The smallest absolute Gasteiger partial charge is 0.410 e. The molecule has 1 heterocycles. The number of amides is 1. The number of cyclic esters (lactones) is 1. The summed E-state index contributed by atoms with van der Waals surface area (Å²) in [6.45, 7) is 4.86. The van der Waals surface area contributed by atoms with E-state index in [9.17, 15) is 4.79 Å². The number of carbonyl (C=O) groups excluding carboxylic acids is 1. The van der Waals surface area contributed by atoms with Crippen LogP contribution in [0.3, 0.4) is 0 Å². The number of ether oxygens (including phenoxy) is 1. The Hall–Kier alpha value is -1.52. The first-order chi connectivity index (χ1) is 7.15. The van der Waals surface area contributed by atoms with Crippen LogP contribution in [-0.2, 0) is 4.74 Å². The highest BCUT2D eigenvalue weighted by molar-refractivity contribution is 5.78. The van der Waals surface area contributed by atoms with Gasteiger partial charge in [-0.1, -0.05) is 16.8 Å². The van der Waals surface area contributed by atoms with Crippen LogP contribution in [-0.4, -0.2) is 41.6 Å². The number of hydrogen-bond donors (Lipinski definition) is 1. The van der Waals surface area contributed by atoms with Gasteiger partial charge in [0, 0.05) is 6.54 Å². The molecular formula is C10H16N2O3. The van der Waals surface area contributed by atoms with Gasteiger partial charge in [-0.05, 0) is 20.3 Å². The third-order valence-corrected chi connectivity index (χ3v) is 2.17. The van der Waals surface area contributed by atoms with Gasteiger partial charge in [-0.3, -0.25) is 4.90 Å². The van der Waals surface area contributed by atoms with Crippen LogP contribution < -0.4 is 0 Å². The molecule has 1 atom stereocenters. The van der Waals surface area contributed by atoms with Crippen LogP contribution in [0.5, 0.6) is 0 Å².